The third-order valence-corrected chi connectivity index (χ3v) is 3.79. The van der Waals surface area contributed by atoms with E-state index in [1.807, 2.05) is 31.2 Å². The second kappa shape index (κ2) is 6.49. The summed E-state index contributed by atoms with van der Waals surface area (Å²) in [5.74, 6) is -0.277. The van der Waals surface area contributed by atoms with Gasteiger partial charge in [-0.3, -0.25) is 9.59 Å². The molecule has 0 fully saturated rings. The van der Waals surface area contributed by atoms with E-state index >= 15 is 0 Å². The lowest BCUT2D eigenvalue weighted by molar-refractivity contribution is 0.0939. The smallest absolute Gasteiger partial charge is 0.252 e. The second-order valence-electron chi connectivity index (χ2n) is 5.49. The van der Waals surface area contributed by atoms with Crippen LogP contribution in [0.25, 0.3) is 5.69 Å². The number of aromatic nitrogens is 4. The molecule has 122 valence electrons. The van der Waals surface area contributed by atoms with Gasteiger partial charge in [0.1, 0.15) is 12.7 Å². The number of aryl methyl sites for hydroxylation is 1. The minimum atomic E-state index is -0.277. The highest BCUT2D eigenvalue weighted by Crippen LogP contribution is 2.15. The lowest BCUT2D eigenvalue weighted by Gasteiger charge is -2.15. The van der Waals surface area contributed by atoms with Crippen molar-refractivity contribution in [3.63, 3.8) is 0 Å². The van der Waals surface area contributed by atoms with Crippen molar-refractivity contribution in [2.45, 2.75) is 13.0 Å². The Bertz CT molecular complexity index is 897. The zero-order valence-corrected chi connectivity index (χ0v) is 13.4. The number of pyridine rings is 1. The first kappa shape index (κ1) is 15.7. The average Bonchev–Trinajstić information content (AvgIpc) is 3.12. The summed E-state index contributed by atoms with van der Waals surface area (Å²) in [6, 6.07) is 10.4. The van der Waals surface area contributed by atoms with Gasteiger partial charge in [0.25, 0.3) is 11.5 Å². The standard InChI is InChI=1S/C17H17N5O2/c1-12(20-17(24)14-7-8-21(2)16(23)9-14)13-3-5-15(6-4-13)22-11-18-10-19-22/h3-12H,1-2H3,(H,20,24)/t12-/m0/s1. The van der Waals surface area contributed by atoms with Gasteiger partial charge in [-0.25, -0.2) is 9.67 Å². The fraction of sp³-hybridized carbons (Fsp3) is 0.176. The lowest BCUT2D eigenvalue weighted by atomic mass is 10.1. The summed E-state index contributed by atoms with van der Waals surface area (Å²) in [4.78, 5) is 27.8. The van der Waals surface area contributed by atoms with Crippen molar-refractivity contribution in [1.82, 2.24) is 24.6 Å². The van der Waals surface area contributed by atoms with E-state index in [4.69, 9.17) is 0 Å². The van der Waals surface area contributed by atoms with Crippen molar-refractivity contribution in [1.29, 1.82) is 0 Å². The number of nitrogens with zero attached hydrogens (tertiary/aromatic N) is 4. The maximum atomic E-state index is 12.3. The van der Waals surface area contributed by atoms with Crippen LogP contribution in [0.3, 0.4) is 0 Å². The van der Waals surface area contributed by atoms with E-state index in [1.54, 1.807) is 30.3 Å². The van der Waals surface area contributed by atoms with Crippen molar-refractivity contribution in [3.05, 3.63) is 76.7 Å². The molecule has 0 saturated carbocycles. The molecule has 2 aromatic heterocycles. The quantitative estimate of drug-likeness (QED) is 0.788. The number of nitrogens with one attached hydrogen (secondary N) is 1. The van der Waals surface area contributed by atoms with Crippen molar-refractivity contribution in [2.75, 3.05) is 0 Å². The van der Waals surface area contributed by atoms with Gasteiger partial charge < -0.3 is 9.88 Å². The molecule has 1 aromatic carbocycles. The van der Waals surface area contributed by atoms with Crippen LogP contribution < -0.4 is 10.9 Å². The van der Waals surface area contributed by atoms with E-state index in [0.29, 0.717) is 5.56 Å². The minimum Gasteiger partial charge on any atom is -0.346 e. The van der Waals surface area contributed by atoms with Crippen LogP contribution in [0.2, 0.25) is 0 Å². The Balaban J connectivity index is 1.72. The molecular formula is C17H17N5O2. The number of amides is 1. The Morgan fingerprint density at radius 1 is 1.21 bits per heavy atom. The number of carbonyl (C=O) groups is 1. The Morgan fingerprint density at radius 3 is 2.58 bits per heavy atom. The molecule has 7 heteroatoms. The highest BCUT2D eigenvalue weighted by molar-refractivity contribution is 5.94. The van der Waals surface area contributed by atoms with Gasteiger partial charge in [-0.15, -0.1) is 0 Å². The fourth-order valence-corrected chi connectivity index (χ4v) is 2.31. The van der Waals surface area contributed by atoms with Crippen LogP contribution in [0, 0.1) is 0 Å². The largest absolute Gasteiger partial charge is 0.346 e. The van der Waals surface area contributed by atoms with Crippen LogP contribution in [0.5, 0.6) is 0 Å². The summed E-state index contributed by atoms with van der Waals surface area (Å²) < 4.78 is 3.08. The number of benzene rings is 1. The topological polar surface area (TPSA) is 81.8 Å². The summed E-state index contributed by atoms with van der Waals surface area (Å²) in [5, 5.41) is 6.96. The predicted molar refractivity (Wildman–Crippen MR) is 88.9 cm³/mol. The summed E-state index contributed by atoms with van der Waals surface area (Å²) in [5.41, 5.74) is 1.98. The zero-order chi connectivity index (χ0) is 17.1. The van der Waals surface area contributed by atoms with Crippen LogP contribution >= 0.6 is 0 Å². The van der Waals surface area contributed by atoms with Gasteiger partial charge in [-0.2, -0.15) is 5.10 Å². The normalized spacial score (nSPS) is 11.9. The van der Waals surface area contributed by atoms with Crippen molar-refractivity contribution in [2.24, 2.45) is 7.05 Å². The maximum Gasteiger partial charge on any atom is 0.252 e. The summed E-state index contributed by atoms with van der Waals surface area (Å²) in [6.07, 6.45) is 4.67. The fourth-order valence-electron chi connectivity index (χ4n) is 2.31. The molecular weight excluding hydrogens is 306 g/mol. The summed E-state index contributed by atoms with van der Waals surface area (Å²) in [7, 11) is 1.64. The number of hydrogen-bond donors (Lipinski definition) is 1. The average molecular weight is 323 g/mol. The first-order valence-electron chi connectivity index (χ1n) is 7.47. The van der Waals surface area contributed by atoms with Crippen molar-refractivity contribution >= 4 is 5.91 Å². The monoisotopic (exact) mass is 323 g/mol. The molecule has 3 aromatic rings. The Kier molecular flexibility index (Phi) is 4.24. The highest BCUT2D eigenvalue weighted by atomic mass is 16.2. The maximum absolute atomic E-state index is 12.3. The minimum absolute atomic E-state index is 0.189. The lowest BCUT2D eigenvalue weighted by Crippen LogP contribution is -2.28. The van der Waals surface area contributed by atoms with E-state index in [-0.39, 0.29) is 17.5 Å². The third-order valence-electron chi connectivity index (χ3n) is 3.79. The van der Waals surface area contributed by atoms with Gasteiger partial charge in [0.15, 0.2) is 0 Å². The first-order chi connectivity index (χ1) is 11.5. The molecule has 0 saturated heterocycles. The second-order valence-corrected chi connectivity index (χ2v) is 5.49. The number of rotatable bonds is 4. The Morgan fingerprint density at radius 2 is 1.96 bits per heavy atom. The van der Waals surface area contributed by atoms with E-state index in [9.17, 15) is 9.59 Å². The van der Waals surface area contributed by atoms with Crippen molar-refractivity contribution in [3.8, 4) is 5.69 Å². The highest BCUT2D eigenvalue weighted by Gasteiger charge is 2.12. The molecule has 7 nitrogen and oxygen atoms in total. The molecule has 3 rings (SSSR count). The van der Waals surface area contributed by atoms with E-state index in [1.165, 1.54) is 17.0 Å². The molecule has 0 radical (unpaired) electrons. The molecule has 0 aliphatic heterocycles. The molecule has 0 unspecified atom stereocenters. The SMILES string of the molecule is C[C@H](NC(=O)c1ccn(C)c(=O)c1)c1ccc(-n2cncn2)cc1. The molecule has 2 heterocycles. The zero-order valence-electron chi connectivity index (χ0n) is 13.4. The molecule has 24 heavy (non-hydrogen) atoms. The molecule has 0 spiro atoms. The van der Waals surface area contributed by atoms with Gasteiger partial charge in [0.05, 0.1) is 11.7 Å². The molecule has 0 bridgehead atoms. The van der Waals surface area contributed by atoms with Gasteiger partial charge >= 0.3 is 0 Å². The molecule has 1 atom stereocenters. The summed E-state index contributed by atoms with van der Waals surface area (Å²) >= 11 is 0. The molecule has 1 amide bonds. The van der Waals surface area contributed by atoms with Crippen LogP contribution in [0.4, 0.5) is 0 Å². The van der Waals surface area contributed by atoms with Crippen LogP contribution in [0.1, 0.15) is 28.9 Å². The predicted octanol–water partition coefficient (Wildman–Crippen LogP) is 1.46. The van der Waals surface area contributed by atoms with Gasteiger partial charge in [0.2, 0.25) is 0 Å². The summed E-state index contributed by atoms with van der Waals surface area (Å²) in [6.45, 7) is 1.89. The number of hydrogen-bond acceptors (Lipinski definition) is 4. The van der Waals surface area contributed by atoms with E-state index in [0.717, 1.165) is 11.3 Å². The van der Waals surface area contributed by atoms with Crippen LogP contribution in [-0.4, -0.2) is 25.2 Å². The number of carbonyl (C=O) groups excluding carboxylic acids is 1. The molecule has 1 N–H and O–H groups in total. The van der Waals surface area contributed by atoms with Crippen LogP contribution in [-0.2, 0) is 7.05 Å². The van der Waals surface area contributed by atoms with Gasteiger partial charge in [0, 0.05) is 24.9 Å². The Hall–Kier alpha value is -3.22. The van der Waals surface area contributed by atoms with Gasteiger partial charge in [-0.1, -0.05) is 12.1 Å². The molecule has 0 aliphatic carbocycles. The van der Waals surface area contributed by atoms with Gasteiger partial charge in [-0.05, 0) is 30.7 Å². The van der Waals surface area contributed by atoms with Crippen molar-refractivity contribution < 1.29 is 4.79 Å². The third kappa shape index (κ3) is 3.24. The first-order valence-corrected chi connectivity index (χ1v) is 7.47. The van der Waals surface area contributed by atoms with E-state index in [2.05, 4.69) is 15.4 Å². The molecule has 0 aliphatic rings. The Labute approximate surface area is 138 Å². The van der Waals surface area contributed by atoms with Crippen LogP contribution in [0.15, 0.2) is 60.0 Å². The van der Waals surface area contributed by atoms with E-state index < -0.39 is 0 Å².